The number of benzene rings is 9. The first kappa shape index (κ1) is 32.5. The molecule has 0 saturated heterocycles. The molecule has 0 aliphatic heterocycles. The Bertz CT molecular complexity index is 3840. The van der Waals surface area contributed by atoms with E-state index in [1.807, 2.05) is 11.3 Å². The number of hydrogen-bond donors (Lipinski definition) is 0. The van der Waals surface area contributed by atoms with Crippen LogP contribution in [0.15, 0.2) is 194 Å². The van der Waals surface area contributed by atoms with Gasteiger partial charge in [-0.2, -0.15) is 0 Å². The molecule has 0 bridgehead atoms. The molecule has 0 aliphatic rings. The van der Waals surface area contributed by atoms with Gasteiger partial charge in [0, 0.05) is 63.7 Å². The molecule has 0 fully saturated rings. The van der Waals surface area contributed by atoms with E-state index in [0.717, 1.165) is 38.9 Å². The average molecular weight is 769 g/mol. The fourth-order valence-electron chi connectivity index (χ4n) is 9.53. The van der Waals surface area contributed by atoms with Crippen molar-refractivity contribution in [3.8, 4) is 34.0 Å². The maximum Gasteiger partial charge on any atom is 0.235 e. The minimum Gasteiger partial charge on any atom is -0.309 e. The molecule has 4 heterocycles. The van der Waals surface area contributed by atoms with Gasteiger partial charge in [0.1, 0.15) is 0 Å². The first-order chi connectivity index (χ1) is 29.3. The van der Waals surface area contributed by atoms with Crippen molar-refractivity contribution in [2.24, 2.45) is 0 Å². The van der Waals surface area contributed by atoms with Crippen LogP contribution >= 0.6 is 11.3 Å². The van der Waals surface area contributed by atoms with E-state index < -0.39 is 0 Å². The van der Waals surface area contributed by atoms with E-state index in [9.17, 15) is 0 Å². The van der Waals surface area contributed by atoms with Gasteiger partial charge in [-0.25, -0.2) is 9.97 Å². The van der Waals surface area contributed by atoms with Crippen LogP contribution in [0, 0.1) is 0 Å². The second-order valence-corrected chi connectivity index (χ2v) is 16.4. The highest BCUT2D eigenvalue weighted by Crippen LogP contribution is 2.46. The zero-order valence-corrected chi connectivity index (χ0v) is 32.5. The van der Waals surface area contributed by atoms with Crippen molar-refractivity contribution in [3.05, 3.63) is 194 Å². The fraction of sp³-hybridized carbons (Fsp3) is 0. The molecule has 13 rings (SSSR count). The number of thiophene rings is 1. The molecule has 0 atom stereocenters. The Hall–Kier alpha value is -7.60. The largest absolute Gasteiger partial charge is 0.309 e. The third-order valence-electron chi connectivity index (χ3n) is 12.1. The molecular formula is C54H32N4S. The van der Waals surface area contributed by atoms with Crippen LogP contribution in [0.2, 0.25) is 0 Å². The molecule has 5 heteroatoms. The molecule has 0 radical (unpaired) electrons. The predicted octanol–water partition coefficient (Wildman–Crippen LogP) is 14.7. The van der Waals surface area contributed by atoms with E-state index in [2.05, 4.69) is 203 Å². The van der Waals surface area contributed by atoms with Crippen molar-refractivity contribution < 1.29 is 0 Å². The predicted molar refractivity (Wildman–Crippen MR) is 249 cm³/mol. The molecule has 9 aromatic carbocycles. The molecule has 0 unspecified atom stereocenters. The van der Waals surface area contributed by atoms with Crippen LogP contribution in [0.25, 0.3) is 119 Å². The average Bonchev–Trinajstić information content (AvgIpc) is 3.95. The van der Waals surface area contributed by atoms with Crippen molar-refractivity contribution in [2.45, 2.75) is 0 Å². The summed E-state index contributed by atoms with van der Waals surface area (Å²) in [4.78, 5) is 10.7. The van der Waals surface area contributed by atoms with E-state index in [0.29, 0.717) is 5.95 Å². The molecule has 0 aliphatic carbocycles. The van der Waals surface area contributed by atoms with Crippen molar-refractivity contribution in [1.29, 1.82) is 0 Å². The molecule has 0 saturated carbocycles. The Balaban J connectivity index is 1.18. The maximum absolute atomic E-state index is 5.39. The molecule has 0 amide bonds. The number of rotatable bonds is 4. The summed E-state index contributed by atoms with van der Waals surface area (Å²) < 4.78 is 7.35. The third-order valence-corrected chi connectivity index (χ3v) is 13.2. The molecule has 4 aromatic heterocycles. The first-order valence-corrected chi connectivity index (χ1v) is 20.8. The van der Waals surface area contributed by atoms with Gasteiger partial charge < -0.3 is 4.57 Å². The van der Waals surface area contributed by atoms with Crippen molar-refractivity contribution >= 4 is 96.8 Å². The standard InChI is InChI=1S/C54H32N4S/c1-3-14-33(15-4-1)36-18-13-19-37(30-36)57-45-28-26-34-27-29-46-51(50(34)52(45)42-31-41-38-20-9-12-25-48(38)59-49(41)32-47(42)57)40-22-8-11-24-44(40)58(46)54-55-43-23-10-7-21-39(43)53(56-54)35-16-5-2-6-17-35/h1-32H. The lowest BCUT2D eigenvalue weighted by Gasteiger charge is -2.12. The van der Waals surface area contributed by atoms with Gasteiger partial charge in [-0.3, -0.25) is 4.57 Å². The van der Waals surface area contributed by atoms with Crippen LogP contribution < -0.4 is 0 Å². The van der Waals surface area contributed by atoms with Gasteiger partial charge in [0.25, 0.3) is 0 Å². The summed E-state index contributed by atoms with van der Waals surface area (Å²) in [5.74, 6) is 0.659. The van der Waals surface area contributed by atoms with E-state index >= 15 is 0 Å². The minimum absolute atomic E-state index is 0.659. The Kier molecular flexibility index (Phi) is 6.85. The number of para-hydroxylation sites is 2. The van der Waals surface area contributed by atoms with E-state index in [1.54, 1.807) is 0 Å². The summed E-state index contributed by atoms with van der Waals surface area (Å²) >= 11 is 1.87. The lowest BCUT2D eigenvalue weighted by Crippen LogP contribution is -2.03. The van der Waals surface area contributed by atoms with Crippen molar-refractivity contribution in [3.63, 3.8) is 0 Å². The molecule has 4 nitrogen and oxygen atoms in total. The summed E-state index contributed by atoms with van der Waals surface area (Å²) in [6.45, 7) is 0. The van der Waals surface area contributed by atoms with Gasteiger partial charge in [-0.15, -0.1) is 11.3 Å². The lowest BCUT2D eigenvalue weighted by atomic mass is 9.98. The fourth-order valence-corrected chi connectivity index (χ4v) is 10.6. The van der Waals surface area contributed by atoms with Crippen molar-refractivity contribution in [1.82, 2.24) is 19.1 Å². The topological polar surface area (TPSA) is 35.6 Å². The number of nitrogens with zero attached hydrogens (tertiary/aromatic N) is 4. The Morgan fingerprint density at radius 1 is 0.356 bits per heavy atom. The van der Waals surface area contributed by atoms with Crippen LogP contribution in [0.3, 0.4) is 0 Å². The molecule has 13 aromatic rings. The minimum atomic E-state index is 0.659. The molecule has 274 valence electrons. The normalized spacial score (nSPS) is 12.1. The zero-order chi connectivity index (χ0) is 38.6. The second-order valence-electron chi connectivity index (χ2n) is 15.3. The van der Waals surface area contributed by atoms with Gasteiger partial charge in [0.15, 0.2) is 0 Å². The summed E-state index contributed by atoms with van der Waals surface area (Å²) in [5.41, 5.74) is 11.0. The maximum atomic E-state index is 5.39. The molecule has 0 N–H and O–H groups in total. The molecular weight excluding hydrogens is 737 g/mol. The Morgan fingerprint density at radius 2 is 1.02 bits per heavy atom. The quantitative estimate of drug-likeness (QED) is 0.179. The van der Waals surface area contributed by atoms with E-state index in [1.165, 1.54) is 74.6 Å². The van der Waals surface area contributed by atoms with Crippen LogP contribution in [0.4, 0.5) is 0 Å². The van der Waals surface area contributed by atoms with Gasteiger partial charge in [0.2, 0.25) is 5.95 Å². The van der Waals surface area contributed by atoms with Gasteiger partial charge in [-0.1, -0.05) is 140 Å². The highest BCUT2D eigenvalue weighted by atomic mass is 32.1. The zero-order valence-electron chi connectivity index (χ0n) is 31.7. The smallest absolute Gasteiger partial charge is 0.235 e. The van der Waals surface area contributed by atoms with E-state index in [4.69, 9.17) is 9.97 Å². The second kappa shape index (κ2) is 12.4. The Morgan fingerprint density at radius 3 is 1.85 bits per heavy atom. The molecule has 0 spiro atoms. The first-order valence-electron chi connectivity index (χ1n) is 20.0. The third kappa shape index (κ3) is 4.77. The lowest BCUT2D eigenvalue weighted by molar-refractivity contribution is 1.01. The molecule has 59 heavy (non-hydrogen) atoms. The van der Waals surface area contributed by atoms with Gasteiger partial charge >= 0.3 is 0 Å². The number of aromatic nitrogens is 4. The van der Waals surface area contributed by atoms with E-state index in [-0.39, 0.29) is 0 Å². The van der Waals surface area contributed by atoms with Crippen molar-refractivity contribution in [2.75, 3.05) is 0 Å². The highest BCUT2D eigenvalue weighted by molar-refractivity contribution is 7.25. The van der Waals surface area contributed by atoms with Crippen LogP contribution in [-0.4, -0.2) is 19.1 Å². The van der Waals surface area contributed by atoms with Gasteiger partial charge in [0.05, 0.1) is 33.3 Å². The SMILES string of the molecule is c1ccc(-c2cccc(-n3c4cc5sc6ccccc6c5cc4c4c5c(ccc43)ccc3c5c4ccccc4n3-c3nc(-c4ccccc4)c4ccccc4n3)c2)cc1. The van der Waals surface area contributed by atoms with Crippen LogP contribution in [-0.2, 0) is 0 Å². The van der Waals surface area contributed by atoms with Gasteiger partial charge in [-0.05, 0) is 71.1 Å². The number of hydrogen-bond acceptors (Lipinski definition) is 3. The summed E-state index contributed by atoms with van der Waals surface area (Å²) in [5, 5.41) is 10.9. The highest BCUT2D eigenvalue weighted by Gasteiger charge is 2.23. The Labute approximate surface area is 342 Å². The summed E-state index contributed by atoms with van der Waals surface area (Å²) in [6.07, 6.45) is 0. The summed E-state index contributed by atoms with van der Waals surface area (Å²) in [6, 6.07) is 70.1. The van der Waals surface area contributed by atoms with Crippen LogP contribution in [0.1, 0.15) is 0 Å². The summed E-state index contributed by atoms with van der Waals surface area (Å²) in [7, 11) is 0. The van der Waals surface area contributed by atoms with Crippen LogP contribution in [0.5, 0.6) is 0 Å². The monoisotopic (exact) mass is 768 g/mol. The number of fused-ring (bicyclic) bond motifs is 13.